The minimum absolute atomic E-state index is 0.0480. The van der Waals surface area contributed by atoms with Crippen LogP contribution in [0.1, 0.15) is 25.7 Å². The van der Waals surface area contributed by atoms with E-state index in [4.69, 9.17) is 5.11 Å². The Morgan fingerprint density at radius 3 is 1.84 bits per heavy atom. The number of aliphatic hydroxyl groups is 1. The molecule has 0 amide bonds. The minimum Gasteiger partial charge on any atom is -0.440 e. The zero-order valence-electron chi connectivity index (χ0n) is 17.5. The first kappa shape index (κ1) is 26.3. The van der Waals surface area contributed by atoms with E-state index in [1.165, 1.54) is 0 Å². The molecule has 2 aliphatic carbocycles. The third kappa shape index (κ3) is 4.59. The number of fused-ring (bicyclic) bond motifs is 2. The van der Waals surface area contributed by atoms with Gasteiger partial charge in [-0.2, -0.15) is 35.1 Å². The van der Waals surface area contributed by atoms with E-state index < -0.39 is 56.2 Å². The molecule has 3 fully saturated rings. The summed E-state index contributed by atoms with van der Waals surface area (Å²) in [4.78, 5) is 12.1. The van der Waals surface area contributed by atoms with Gasteiger partial charge in [0.15, 0.2) is 0 Å². The lowest BCUT2D eigenvalue weighted by Crippen LogP contribution is -2.69. The molecule has 1 aliphatic heterocycles. The molecule has 0 aromatic rings. The van der Waals surface area contributed by atoms with Crippen molar-refractivity contribution >= 4 is 14.0 Å². The molecule has 13 heteroatoms. The van der Waals surface area contributed by atoms with Crippen molar-refractivity contribution in [2.24, 2.45) is 17.8 Å². The van der Waals surface area contributed by atoms with Gasteiger partial charge in [0, 0.05) is 8.07 Å². The topological polar surface area (TPSA) is 55.8 Å². The average molecular weight is 486 g/mol. The van der Waals surface area contributed by atoms with Gasteiger partial charge < -0.3 is 14.6 Å². The van der Waals surface area contributed by atoms with Crippen molar-refractivity contribution in [1.82, 2.24) is 0 Å². The molecule has 0 aromatic carbocycles. The average Bonchev–Trinajstić information content (AvgIpc) is 3.21. The summed E-state index contributed by atoms with van der Waals surface area (Å²) < 4.78 is 114. The van der Waals surface area contributed by atoms with Gasteiger partial charge in [-0.3, -0.25) is 4.79 Å². The Labute approximate surface area is 175 Å². The van der Waals surface area contributed by atoms with Crippen LogP contribution in [0.25, 0.3) is 0 Å². The van der Waals surface area contributed by atoms with Gasteiger partial charge in [0.25, 0.3) is 5.60 Å². The lowest BCUT2D eigenvalue weighted by Gasteiger charge is -2.39. The zero-order valence-corrected chi connectivity index (χ0v) is 18.5. The largest absolute Gasteiger partial charge is 0.449 e. The quantitative estimate of drug-likeness (QED) is 0.334. The first-order valence-electron chi connectivity index (χ1n) is 9.77. The third-order valence-electron chi connectivity index (χ3n) is 5.57. The Hall–Kier alpha value is -0.953. The fraction of sp³-hybridized carbons (Fsp3) is 0.944. The second kappa shape index (κ2) is 7.82. The summed E-state index contributed by atoms with van der Waals surface area (Å²) in [5, 5.41) is 9.15. The highest BCUT2D eigenvalue weighted by molar-refractivity contribution is 6.74. The van der Waals surface area contributed by atoms with Crippen molar-refractivity contribution in [3.05, 3.63) is 0 Å². The maximum Gasteiger partial charge on any atom is 0.449 e. The van der Waals surface area contributed by atoms with Crippen LogP contribution in [-0.2, 0) is 14.3 Å². The monoisotopic (exact) mass is 486 g/mol. The van der Waals surface area contributed by atoms with Gasteiger partial charge in [-0.15, -0.1) is 0 Å². The van der Waals surface area contributed by atoms with Crippen molar-refractivity contribution in [2.45, 2.75) is 81.5 Å². The summed E-state index contributed by atoms with van der Waals surface area (Å²) in [6.07, 6.45) is -10.5. The van der Waals surface area contributed by atoms with Gasteiger partial charge in [0.1, 0.15) is 6.61 Å². The van der Waals surface area contributed by atoms with Crippen LogP contribution in [0.5, 0.6) is 0 Å². The Bertz CT molecular complexity index is 684. The normalized spacial score (nSPS) is 37.4. The lowest BCUT2D eigenvalue weighted by molar-refractivity contribution is -0.421. The summed E-state index contributed by atoms with van der Waals surface area (Å²) >= 11 is 0. The van der Waals surface area contributed by atoms with Crippen LogP contribution in [0.2, 0.25) is 26.2 Å². The van der Waals surface area contributed by atoms with Crippen LogP contribution in [0.4, 0.5) is 35.1 Å². The molecular formula is C18H26F8O4Si. The van der Waals surface area contributed by atoms with Crippen molar-refractivity contribution < 1.29 is 54.5 Å². The van der Waals surface area contributed by atoms with Gasteiger partial charge in [-0.1, -0.05) is 32.6 Å². The third-order valence-corrected chi connectivity index (χ3v) is 5.57. The fourth-order valence-corrected chi connectivity index (χ4v) is 4.11. The number of alkyl halides is 8. The molecule has 2 bridgehead atoms. The molecule has 31 heavy (non-hydrogen) atoms. The van der Waals surface area contributed by atoms with Gasteiger partial charge in [0.2, 0.25) is 0 Å². The number of halogens is 8. The molecule has 2 saturated carbocycles. The van der Waals surface area contributed by atoms with E-state index in [0.717, 1.165) is 6.42 Å². The molecular weight excluding hydrogens is 460 g/mol. The highest BCUT2D eigenvalue weighted by Crippen LogP contribution is 2.60. The Morgan fingerprint density at radius 1 is 1.00 bits per heavy atom. The molecule has 0 radical (unpaired) electrons. The summed E-state index contributed by atoms with van der Waals surface area (Å²) in [6, 6.07) is 0. The van der Waals surface area contributed by atoms with Crippen LogP contribution in [0, 0.1) is 17.8 Å². The maximum atomic E-state index is 14.2. The van der Waals surface area contributed by atoms with Gasteiger partial charge in [-0.05, 0) is 31.1 Å². The van der Waals surface area contributed by atoms with Crippen LogP contribution in [0.3, 0.4) is 0 Å². The number of esters is 1. The molecule has 182 valence electrons. The van der Waals surface area contributed by atoms with E-state index in [0.29, 0.717) is 12.8 Å². The number of rotatable bonds is 2. The Balaban J connectivity index is 0.000000614. The van der Waals surface area contributed by atoms with Crippen LogP contribution in [0.15, 0.2) is 0 Å². The smallest absolute Gasteiger partial charge is 0.440 e. The molecule has 0 spiro atoms. The van der Waals surface area contributed by atoms with E-state index >= 15 is 0 Å². The minimum atomic E-state index is -6.25. The van der Waals surface area contributed by atoms with Gasteiger partial charge >= 0.3 is 30.0 Å². The van der Waals surface area contributed by atoms with Crippen molar-refractivity contribution in [2.75, 3.05) is 6.61 Å². The molecule has 3 aliphatic rings. The number of hydrogen-bond acceptors (Lipinski definition) is 4. The molecule has 5 atom stereocenters. The van der Waals surface area contributed by atoms with Crippen molar-refractivity contribution in [1.29, 1.82) is 0 Å². The Kier molecular flexibility index (Phi) is 6.64. The van der Waals surface area contributed by atoms with E-state index in [1.54, 1.807) is 0 Å². The molecule has 1 heterocycles. The predicted molar refractivity (Wildman–Crippen MR) is 94.9 cm³/mol. The molecule has 0 aromatic heterocycles. The zero-order chi connectivity index (χ0) is 24.3. The Morgan fingerprint density at radius 2 is 1.52 bits per heavy atom. The summed E-state index contributed by atoms with van der Waals surface area (Å²) in [7, 11) is -0.611. The predicted octanol–water partition coefficient (Wildman–Crippen LogP) is 5.14. The fourth-order valence-electron chi connectivity index (χ4n) is 4.11. The highest BCUT2D eigenvalue weighted by Gasteiger charge is 2.90. The molecule has 5 unspecified atom stereocenters. The lowest BCUT2D eigenvalue weighted by atomic mass is 9.87. The van der Waals surface area contributed by atoms with E-state index in [9.17, 15) is 39.9 Å². The van der Waals surface area contributed by atoms with Crippen LogP contribution >= 0.6 is 0 Å². The number of ether oxygens (including phenoxy) is 2. The highest BCUT2D eigenvalue weighted by atomic mass is 28.3. The second-order valence-electron chi connectivity index (χ2n) is 10.0. The van der Waals surface area contributed by atoms with Crippen LogP contribution < -0.4 is 0 Å². The summed E-state index contributed by atoms with van der Waals surface area (Å²) in [5.74, 6) is -14.5. The van der Waals surface area contributed by atoms with Gasteiger partial charge in [-0.25, -0.2) is 0 Å². The van der Waals surface area contributed by atoms with Crippen molar-refractivity contribution in [3.8, 4) is 0 Å². The first-order valence-corrected chi connectivity index (χ1v) is 13.8. The van der Waals surface area contributed by atoms with Crippen LogP contribution in [-0.4, -0.2) is 55.4 Å². The molecule has 3 rings (SSSR count). The molecule has 4 nitrogen and oxygen atoms in total. The standard InChI is InChI=1S/C14H14F8O4.C4H12Si/c15-11(16)10(13(17,18)19,5-25-12(11,24)14(20,21)22)26-9(23)8-4-6-1-2-7(8)3-6;1-5(2,3)4/h6-8,24H,1-5H2;1-4H3. The second-order valence-corrected chi connectivity index (χ2v) is 16.0. The SMILES string of the molecule is C[Si](C)(C)C.O=C(OC1(C(F)(F)F)COC(O)(C(F)(F)F)C1(F)F)C1CC2CCC1C2. The van der Waals surface area contributed by atoms with E-state index in [-0.39, 0.29) is 18.3 Å². The van der Waals surface area contributed by atoms with Gasteiger partial charge in [0.05, 0.1) is 5.92 Å². The van der Waals surface area contributed by atoms with Crippen molar-refractivity contribution in [3.63, 3.8) is 0 Å². The maximum absolute atomic E-state index is 14.2. The number of hydrogen-bond donors (Lipinski definition) is 1. The number of carbonyl (C=O) groups is 1. The first-order chi connectivity index (χ1) is 13.7. The van der Waals surface area contributed by atoms with E-state index in [1.807, 2.05) is 0 Å². The van der Waals surface area contributed by atoms with E-state index in [2.05, 4.69) is 35.7 Å². The molecule has 1 N–H and O–H groups in total. The summed E-state index contributed by atoms with van der Waals surface area (Å²) in [5.41, 5.74) is -4.93. The summed E-state index contributed by atoms with van der Waals surface area (Å²) in [6.45, 7) is 6.94. The molecule has 1 saturated heterocycles. The number of carbonyl (C=O) groups excluding carboxylic acids is 1.